The Morgan fingerprint density at radius 3 is 2.67 bits per heavy atom. The van der Waals surface area contributed by atoms with Crippen molar-refractivity contribution in [3.63, 3.8) is 0 Å². The number of benzene rings is 1. The molecule has 0 aromatic heterocycles. The van der Waals surface area contributed by atoms with E-state index in [0.717, 1.165) is 24.8 Å². The smallest absolute Gasteiger partial charge is 0.236 e. The van der Waals surface area contributed by atoms with Crippen LogP contribution in [0.2, 0.25) is 0 Å². The summed E-state index contributed by atoms with van der Waals surface area (Å²) in [5.74, 6) is 0.586. The van der Waals surface area contributed by atoms with Crippen LogP contribution in [-0.2, 0) is 10.0 Å². The van der Waals surface area contributed by atoms with Crippen molar-refractivity contribution in [2.45, 2.75) is 32.2 Å². The maximum Gasteiger partial charge on any atom is 0.236 e. The molecule has 1 heterocycles. The van der Waals surface area contributed by atoms with Crippen molar-refractivity contribution in [3.8, 4) is 0 Å². The van der Waals surface area contributed by atoms with Crippen LogP contribution in [0.4, 0.5) is 0 Å². The Morgan fingerprint density at radius 2 is 2.05 bits per heavy atom. The Hall–Kier alpha value is -1.17. The van der Waals surface area contributed by atoms with Gasteiger partial charge in [0.1, 0.15) is 0 Å². The van der Waals surface area contributed by atoms with Crippen molar-refractivity contribution >= 4 is 16.1 Å². The molecule has 2 rings (SSSR count). The summed E-state index contributed by atoms with van der Waals surface area (Å²) in [6, 6.07) is 9.38. The number of hydrogen-bond acceptors (Lipinski definition) is 3. The monoisotopic (exact) mass is 308 g/mol. The van der Waals surface area contributed by atoms with Gasteiger partial charge >= 0.3 is 0 Å². The Kier molecular flexibility index (Phi) is 5.56. The highest BCUT2D eigenvalue weighted by molar-refractivity contribution is 7.92. The van der Waals surface area contributed by atoms with E-state index in [1.165, 1.54) is 5.41 Å². The van der Waals surface area contributed by atoms with Gasteiger partial charge in [-0.1, -0.05) is 43.7 Å². The average Bonchev–Trinajstić information content (AvgIpc) is 2.53. The molecule has 1 saturated heterocycles. The topological polar surface area (TPSA) is 63.4 Å². The van der Waals surface area contributed by atoms with E-state index in [4.69, 9.17) is 5.73 Å². The van der Waals surface area contributed by atoms with E-state index in [9.17, 15) is 8.42 Å². The second-order valence-corrected chi connectivity index (χ2v) is 7.33. The maximum atomic E-state index is 12.5. The van der Waals surface area contributed by atoms with Crippen LogP contribution in [-0.4, -0.2) is 31.9 Å². The van der Waals surface area contributed by atoms with Gasteiger partial charge in [-0.3, -0.25) is 0 Å². The first-order chi connectivity index (χ1) is 10.1. The van der Waals surface area contributed by atoms with Crippen LogP contribution in [0.25, 0.3) is 6.08 Å². The molecule has 1 aromatic rings. The maximum absolute atomic E-state index is 12.5. The predicted molar refractivity (Wildman–Crippen MR) is 87.0 cm³/mol. The van der Waals surface area contributed by atoms with Gasteiger partial charge in [-0.25, -0.2) is 8.42 Å². The highest BCUT2D eigenvalue weighted by Gasteiger charge is 2.33. The van der Waals surface area contributed by atoms with Gasteiger partial charge in [0.05, 0.1) is 0 Å². The minimum atomic E-state index is -3.40. The molecule has 2 unspecified atom stereocenters. The Bertz CT molecular complexity index is 569. The van der Waals surface area contributed by atoms with E-state index < -0.39 is 10.0 Å². The first kappa shape index (κ1) is 16.2. The fourth-order valence-corrected chi connectivity index (χ4v) is 4.27. The molecule has 4 nitrogen and oxygen atoms in total. The van der Waals surface area contributed by atoms with Crippen molar-refractivity contribution in [1.29, 1.82) is 0 Å². The molecular formula is C16H24N2O2S. The van der Waals surface area contributed by atoms with E-state index in [-0.39, 0.29) is 6.04 Å². The van der Waals surface area contributed by atoms with Crippen molar-refractivity contribution in [3.05, 3.63) is 41.3 Å². The number of nitrogens with zero attached hydrogens (tertiary/aromatic N) is 1. The summed E-state index contributed by atoms with van der Waals surface area (Å²) in [7, 11) is -3.40. The molecule has 0 aliphatic carbocycles. The Balaban J connectivity index is 2.13. The minimum Gasteiger partial charge on any atom is -0.329 e. The Labute approximate surface area is 127 Å². The molecule has 2 N–H and O–H groups in total. The summed E-state index contributed by atoms with van der Waals surface area (Å²) in [5.41, 5.74) is 6.67. The van der Waals surface area contributed by atoms with Gasteiger partial charge in [0, 0.05) is 24.5 Å². The van der Waals surface area contributed by atoms with Gasteiger partial charge in [0.2, 0.25) is 10.0 Å². The molecule has 1 aromatic carbocycles. The third-order valence-electron chi connectivity index (χ3n) is 4.18. The van der Waals surface area contributed by atoms with Gasteiger partial charge in [-0.2, -0.15) is 4.31 Å². The third-order valence-corrected chi connectivity index (χ3v) is 5.79. The number of nitrogens with two attached hydrogens (primary N) is 1. The van der Waals surface area contributed by atoms with Crippen LogP contribution in [0.5, 0.6) is 0 Å². The van der Waals surface area contributed by atoms with Gasteiger partial charge in [0.25, 0.3) is 0 Å². The van der Waals surface area contributed by atoms with Crippen LogP contribution < -0.4 is 5.73 Å². The molecule has 0 spiro atoms. The molecule has 0 saturated carbocycles. The predicted octanol–water partition coefficient (Wildman–Crippen LogP) is 2.44. The lowest BCUT2D eigenvalue weighted by Gasteiger charge is -2.37. The van der Waals surface area contributed by atoms with Crippen molar-refractivity contribution in [2.24, 2.45) is 11.7 Å². The third kappa shape index (κ3) is 4.15. The molecule has 2 atom stereocenters. The van der Waals surface area contributed by atoms with Crippen LogP contribution in [0.15, 0.2) is 35.7 Å². The number of piperidine rings is 1. The lowest BCUT2D eigenvalue weighted by molar-refractivity contribution is 0.199. The zero-order valence-electron chi connectivity index (χ0n) is 12.5. The molecule has 1 aliphatic rings. The van der Waals surface area contributed by atoms with Crippen LogP contribution >= 0.6 is 0 Å². The average molecular weight is 308 g/mol. The Morgan fingerprint density at radius 1 is 1.33 bits per heavy atom. The number of hydrogen-bond donors (Lipinski definition) is 1. The first-order valence-electron chi connectivity index (χ1n) is 7.52. The zero-order valence-corrected chi connectivity index (χ0v) is 13.3. The van der Waals surface area contributed by atoms with E-state index in [1.54, 1.807) is 10.4 Å². The summed E-state index contributed by atoms with van der Waals surface area (Å²) in [5, 5.41) is 1.30. The molecule has 1 fully saturated rings. The standard InChI is InChI=1S/C16H24N2O2S/c1-2-14-8-10-18(16(12-14)13-17)21(19,20)11-9-15-6-4-3-5-7-15/h3-7,9,11,14,16H,2,8,10,12-13,17H2,1H3/b11-9+. The largest absolute Gasteiger partial charge is 0.329 e. The van der Waals surface area contributed by atoms with Crippen molar-refractivity contribution < 1.29 is 8.42 Å². The zero-order chi connectivity index (χ0) is 15.3. The van der Waals surface area contributed by atoms with Gasteiger partial charge < -0.3 is 5.73 Å². The normalized spacial score (nSPS) is 24.5. The fraction of sp³-hybridized carbons (Fsp3) is 0.500. The molecule has 116 valence electrons. The quantitative estimate of drug-likeness (QED) is 0.908. The number of rotatable bonds is 5. The van der Waals surface area contributed by atoms with Crippen LogP contribution in [0, 0.1) is 5.92 Å². The first-order valence-corrected chi connectivity index (χ1v) is 9.02. The summed E-state index contributed by atoms with van der Waals surface area (Å²) in [6.07, 6.45) is 4.52. The summed E-state index contributed by atoms with van der Waals surface area (Å²) in [6.45, 7) is 3.11. The number of sulfonamides is 1. The van der Waals surface area contributed by atoms with E-state index in [1.807, 2.05) is 30.3 Å². The fourth-order valence-electron chi connectivity index (χ4n) is 2.84. The molecule has 0 radical (unpaired) electrons. The second-order valence-electron chi connectivity index (χ2n) is 5.56. The van der Waals surface area contributed by atoms with Crippen molar-refractivity contribution in [2.75, 3.05) is 13.1 Å². The molecule has 1 aliphatic heterocycles. The van der Waals surface area contributed by atoms with Gasteiger partial charge in [-0.15, -0.1) is 0 Å². The molecule has 5 heteroatoms. The van der Waals surface area contributed by atoms with Crippen LogP contribution in [0.1, 0.15) is 31.7 Å². The second kappa shape index (κ2) is 7.20. The van der Waals surface area contributed by atoms with Gasteiger partial charge in [0.15, 0.2) is 0 Å². The SMILES string of the molecule is CCC1CCN(S(=O)(=O)/C=C/c2ccccc2)C(CN)C1. The molecular weight excluding hydrogens is 284 g/mol. The molecule has 21 heavy (non-hydrogen) atoms. The molecule has 0 bridgehead atoms. The van der Waals surface area contributed by atoms with Crippen LogP contribution in [0.3, 0.4) is 0 Å². The van der Waals surface area contributed by atoms with E-state index in [0.29, 0.717) is 19.0 Å². The lowest BCUT2D eigenvalue weighted by atomic mass is 9.90. The highest BCUT2D eigenvalue weighted by Crippen LogP contribution is 2.27. The van der Waals surface area contributed by atoms with Crippen molar-refractivity contribution in [1.82, 2.24) is 4.31 Å². The summed E-state index contributed by atoms with van der Waals surface area (Å²) in [4.78, 5) is 0. The molecule has 0 amide bonds. The highest BCUT2D eigenvalue weighted by atomic mass is 32.2. The van der Waals surface area contributed by atoms with E-state index in [2.05, 4.69) is 6.92 Å². The van der Waals surface area contributed by atoms with E-state index >= 15 is 0 Å². The lowest BCUT2D eigenvalue weighted by Crippen LogP contribution is -2.48. The van der Waals surface area contributed by atoms with Gasteiger partial charge in [-0.05, 0) is 30.4 Å². The summed E-state index contributed by atoms with van der Waals surface area (Å²) < 4.78 is 26.6. The summed E-state index contributed by atoms with van der Waals surface area (Å²) >= 11 is 0. The minimum absolute atomic E-state index is 0.0749.